The first-order chi connectivity index (χ1) is 12.2. The van der Waals surface area contributed by atoms with Crippen LogP contribution < -0.4 is 10.6 Å². The summed E-state index contributed by atoms with van der Waals surface area (Å²) in [4.78, 5) is 7.40. The van der Waals surface area contributed by atoms with Crippen molar-refractivity contribution in [2.45, 2.75) is 39.8 Å². The summed E-state index contributed by atoms with van der Waals surface area (Å²) in [6, 6.07) is 10.5. The van der Waals surface area contributed by atoms with Gasteiger partial charge in [-0.3, -0.25) is 4.40 Å². The highest BCUT2D eigenvalue weighted by molar-refractivity contribution is 7.11. The van der Waals surface area contributed by atoms with E-state index >= 15 is 0 Å². The van der Waals surface area contributed by atoms with Crippen LogP contribution in [0, 0.1) is 6.92 Å². The van der Waals surface area contributed by atoms with Crippen molar-refractivity contribution in [1.29, 1.82) is 0 Å². The van der Waals surface area contributed by atoms with Gasteiger partial charge in [-0.2, -0.15) is 0 Å². The first kappa shape index (κ1) is 17.4. The third kappa shape index (κ3) is 4.57. The minimum Gasteiger partial charge on any atom is -0.357 e. The highest BCUT2D eigenvalue weighted by Gasteiger charge is 2.09. The molecular formula is C18H24N6S. The summed E-state index contributed by atoms with van der Waals surface area (Å²) >= 11 is 1.85. The molecule has 0 spiro atoms. The number of aromatic nitrogens is 3. The first-order valence-corrected chi connectivity index (χ1v) is 9.36. The predicted octanol–water partition coefficient (Wildman–Crippen LogP) is 2.79. The maximum atomic E-state index is 4.67. The van der Waals surface area contributed by atoms with Crippen LogP contribution in [0.1, 0.15) is 29.4 Å². The fourth-order valence-corrected chi connectivity index (χ4v) is 3.67. The van der Waals surface area contributed by atoms with E-state index < -0.39 is 0 Å². The van der Waals surface area contributed by atoms with Gasteiger partial charge in [0.15, 0.2) is 17.4 Å². The van der Waals surface area contributed by atoms with Crippen molar-refractivity contribution in [2.75, 3.05) is 6.54 Å². The molecule has 0 aliphatic rings. The summed E-state index contributed by atoms with van der Waals surface area (Å²) in [5, 5.41) is 15.2. The molecule has 0 aliphatic carbocycles. The van der Waals surface area contributed by atoms with Crippen LogP contribution >= 0.6 is 11.3 Å². The van der Waals surface area contributed by atoms with Gasteiger partial charge >= 0.3 is 0 Å². The number of guanidine groups is 1. The zero-order valence-electron chi connectivity index (χ0n) is 14.9. The van der Waals surface area contributed by atoms with Crippen molar-refractivity contribution >= 4 is 22.9 Å². The van der Waals surface area contributed by atoms with Crippen molar-refractivity contribution in [3.63, 3.8) is 0 Å². The molecule has 0 saturated heterocycles. The van der Waals surface area contributed by atoms with Gasteiger partial charge in [0.05, 0.1) is 0 Å². The smallest absolute Gasteiger partial charge is 0.191 e. The second kappa shape index (κ2) is 8.11. The zero-order valence-corrected chi connectivity index (χ0v) is 15.7. The van der Waals surface area contributed by atoms with Crippen LogP contribution in [0.15, 0.2) is 41.5 Å². The van der Waals surface area contributed by atoms with Crippen LogP contribution in [0.4, 0.5) is 0 Å². The molecular weight excluding hydrogens is 332 g/mol. The Kier molecular flexibility index (Phi) is 5.65. The minimum atomic E-state index is 0.297. The molecule has 3 aromatic heterocycles. The largest absolute Gasteiger partial charge is 0.357 e. The van der Waals surface area contributed by atoms with Gasteiger partial charge in [0.25, 0.3) is 0 Å². The van der Waals surface area contributed by atoms with Crippen molar-refractivity contribution in [3.05, 3.63) is 52.1 Å². The van der Waals surface area contributed by atoms with Crippen LogP contribution in [0.25, 0.3) is 5.65 Å². The number of nitrogens with one attached hydrogen (secondary N) is 2. The van der Waals surface area contributed by atoms with Gasteiger partial charge in [-0.05, 0) is 45.0 Å². The number of hydrogen-bond acceptors (Lipinski definition) is 4. The van der Waals surface area contributed by atoms with E-state index in [1.54, 1.807) is 0 Å². The van der Waals surface area contributed by atoms with E-state index in [1.165, 1.54) is 9.75 Å². The summed E-state index contributed by atoms with van der Waals surface area (Å²) in [5.74, 6) is 1.63. The normalized spacial score (nSPS) is 13.2. The lowest BCUT2D eigenvalue weighted by Gasteiger charge is -2.17. The number of thiophene rings is 1. The minimum absolute atomic E-state index is 0.297. The van der Waals surface area contributed by atoms with Crippen LogP contribution in [0.3, 0.4) is 0 Å². The summed E-state index contributed by atoms with van der Waals surface area (Å²) in [5.41, 5.74) is 0.840. The summed E-state index contributed by atoms with van der Waals surface area (Å²) in [7, 11) is 0. The molecule has 3 aromatic rings. The molecule has 0 fully saturated rings. The average molecular weight is 356 g/mol. The van der Waals surface area contributed by atoms with Gasteiger partial charge in [0, 0.05) is 35.0 Å². The third-order valence-electron chi connectivity index (χ3n) is 3.79. The van der Waals surface area contributed by atoms with Crippen LogP contribution in [0.2, 0.25) is 0 Å². The number of fused-ring (bicyclic) bond motifs is 1. The zero-order chi connectivity index (χ0) is 17.6. The lowest BCUT2D eigenvalue weighted by Crippen LogP contribution is -2.43. The fraction of sp³-hybridized carbons (Fsp3) is 0.389. The van der Waals surface area contributed by atoms with Gasteiger partial charge in [0.2, 0.25) is 0 Å². The summed E-state index contributed by atoms with van der Waals surface area (Å²) in [6.07, 6.45) is 2.94. The van der Waals surface area contributed by atoms with Crippen LogP contribution in [-0.4, -0.2) is 33.1 Å². The summed E-state index contributed by atoms with van der Waals surface area (Å²) in [6.45, 7) is 7.68. The van der Waals surface area contributed by atoms with Gasteiger partial charge in [-0.1, -0.05) is 6.07 Å². The number of aliphatic imine (C=N–C) groups is 1. The Morgan fingerprint density at radius 1 is 1.28 bits per heavy atom. The molecule has 0 aromatic carbocycles. The van der Waals surface area contributed by atoms with Crippen molar-refractivity contribution in [2.24, 2.45) is 4.99 Å². The fourth-order valence-electron chi connectivity index (χ4n) is 2.65. The van der Waals surface area contributed by atoms with E-state index in [2.05, 4.69) is 58.7 Å². The monoisotopic (exact) mass is 356 g/mol. The molecule has 0 amide bonds. The Bertz CT molecular complexity index is 850. The topological polar surface area (TPSA) is 66.6 Å². The molecule has 3 heterocycles. The highest BCUT2D eigenvalue weighted by Crippen LogP contribution is 2.16. The molecule has 2 N–H and O–H groups in total. The van der Waals surface area contributed by atoms with Crippen LogP contribution in [0.5, 0.6) is 0 Å². The molecule has 132 valence electrons. The average Bonchev–Trinajstić information content (AvgIpc) is 3.19. The molecule has 1 atom stereocenters. The Labute approximate surface area is 152 Å². The molecule has 0 aliphatic heterocycles. The Morgan fingerprint density at radius 3 is 2.92 bits per heavy atom. The highest BCUT2D eigenvalue weighted by atomic mass is 32.1. The first-order valence-electron chi connectivity index (χ1n) is 8.54. The van der Waals surface area contributed by atoms with Crippen molar-refractivity contribution < 1.29 is 0 Å². The molecule has 3 rings (SSSR count). The van der Waals surface area contributed by atoms with E-state index in [4.69, 9.17) is 0 Å². The van der Waals surface area contributed by atoms with Crippen LogP contribution in [-0.2, 0) is 13.0 Å². The molecule has 1 unspecified atom stereocenters. The predicted molar refractivity (Wildman–Crippen MR) is 103 cm³/mol. The lowest BCUT2D eigenvalue weighted by atomic mass is 10.2. The second-order valence-corrected chi connectivity index (χ2v) is 7.37. The maximum Gasteiger partial charge on any atom is 0.191 e. The number of aryl methyl sites for hydroxylation is 1. The van der Waals surface area contributed by atoms with E-state index in [9.17, 15) is 0 Å². The Hall–Kier alpha value is -2.41. The number of rotatable bonds is 6. The Balaban J connectivity index is 1.66. The van der Waals surface area contributed by atoms with E-state index in [1.807, 2.05) is 40.1 Å². The molecule has 0 saturated carbocycles. The maximum absolute atomic E-state index is 4.67. The van der Waals surface area contributed by atoms with Gasteiger partial charge in [-0.25, -0.2) is 4.99 Å². The van der Waals surface area contributed by atoms with Gasteiger partial charge < -0.3 is 10.6 Å². The SMILES string of the molecule is CCNC(=NCc1nnc2ccccn12)NC(C)Cc1ccc(C)s1. The number of nitrogens with zero attached hydrogens (tertiary/aromatic N) is 4. The molecule has 0 bridgehead atoms. The van der Waals surface area contributed by atoms with E-state index in [0.717, 1.165) is 30.4 Å². The van der Waals surface area contributed by atoms with E-state index in [0.29, 0.717) is 12.6 Å². The quantitative estimate of drug-likeness (QED) is 0.526. The second-order valence-electron chi connectivity index (χ2n) is 6.00. The van der Waals surface area contributed by atoms with Crippen molar-refractivity contribution in [1.82, 2.24) is 25.2 Å². The molecule has 25 heavy (non-hydrogen) atoms. The standard InChI is InChI=1S/C18H24N6S/c1-4-19-18(21-13(2)11-15-9-8-14(3)25-15)20-12-17-23-22-16-7-5-6-10-24(16)17/h5-10,13H,4,11-12H2,1-3H3,(H2,19,20,21). The Morgan fingerprint density at radius 2 is 2.16 bits per heavy atom. The molecule has 7 heteroatoms. The van der Waals surface area contributed by atoms with E-state index in [-0.39, 0.29) is 0 Å². The number of pyridine rings is 1. The van der Waals surface area contributed by atoms with Crippen molar-refractivity contribution in [3.8, 4) is 0 Å². The third-order valence-corrected chi connectivity index (χ3v) is 4.82. The van der Waals surface area contributed by atoms with Gasteiger partial charge in [-0.15, -0.1) is 21.5 Å². The lowest BCUT2D eigenvalue weighted by molar-refractivity contribution is 0.644. The molecule has 0 radical (unpaired) electrons. The molecule has 6 nitrogen and oxygen atoms in total. The summed E-state index contributed by atoms with van der Waals surface area (Å²) < 4.78 is 1.96. The number of hydrogen-bond donors (Lipinski definition) is 2. The van der Waals surface area contributed by atoms with Gasteiger partial charge in [0.1, 0.15) is 6.54 Å².